The molecule has 0 unspecified atom stereocenters. The minimum absolute atomic E-state index is 0.630. The van der Waals surface area contributed by atoms with Crippen LogP contribution in [0.4, 0.5) is 0 Å². The Morgan fingerprint density at radius 1 is 0.864 bits per heavy atom. The van der Waals surface area contributed by atoms with Crippen molar-refractivity contribution in [1.29, 1.82) is 0 Å². The molecule has 0 spiro atoms. The quantitative estimate of drug-likeness (QED) is 0.693. The van der Waals surface area contributed by atoms with Crippen LogP contribution < -0.4 is 14.2 Å². The van der Waals surface area contributed by atoms with Gasteiger partial charge in [-0.05, 0) is 35.2 Å². The molecule has 0 saturated heterocycles. The monoisotopic (exact) mass is 314 g/mol. The first-order valence-corrected chi connectivity index (χ1v) is 7.83. The zero-order valence-electron chi connectivity index (χ0n) is 12.9. The number of thiophene rings is 1. The Balaban J connectivity index is 1.97. The van der Waals surface area contributed by atoms with Crippen LogP contribution in [0.1, 0.15) is 10.4 Å². The zero-order valence-corrected chi connectivity index (χ0v) is 13.7. The van der Waals surface area contributed by atoms with Crippen molar-refractivity contribution in [2.45, 2.75) is 6.42 Å². The molecule has 0 bridgehead atoms. The highest BCUT2D eigenvalue weighted by molar-refractivity contribution is 7.19. The fraction of sp³-hybridized carbons (Fsp3) is 0.222. The van der Waals surface area contributed by atoms with E-state index in [0.717, 1.165) is 12.0 Å². The number of methoxy groups -OCH3 is 3. The molecule has 1 heterocycles. The highest BCUT2D eigenvalue weighted by Crippen LogP contribution is 2.39. The summed E-state index contributed by atoms with van der Waals surface area (Å²) < 4.78 is 17.5. The van der Waals surface area contributed by atoms with Crippen molar-refractivity contribution in [3.8, 4) is 17.2 Å². The van der Waals surface area contributed by atoms with Gasteiger partial charge in [0, 0.05) is 16.0 Å². The minimum Gasteiger partial charge on any atom is -0.493 e. The molecule has 0 N–H and O–H groups in total. The molecule has 3 nitrogen and oxygen atoms in total. The van der Waals surface area contributed by atoms with E-state index in [4.69, 9.17) is 14.2 Å². The van der Waals surface area contributed by atoms with Gasteiger partial charge in [-0.1, -0.05) is 18.2 Å². The summed E-state index contributed by atoms with van der Waals surface area (Å²) in [6, 6.07) is 14.7. The van der Waals surface area contributed by atoms with Crippen molar-refractivity contribution in [2.75, 3.05) is 21.3 Å². The Hall–Kier alpha value is -2.20. The second kappa shape index (κ2) is 6.28. The van der Waals surface area contributed by atoms with Crippen LogP contribution in [-0.4, -0.2) is 21.3 Å². The van der Waals surface area contributed by atoms with Gasteiger partial charge in [0.05, 0.1) is 21.3 Å². The molecule has 0 fully saturated rings. The summed E-state index contributed by atoms with van der Waals surface area (Å²) in [5.74, 6) is 2.01. The van der Waals surface area contributed by atoms with Gasteiger partial charge in [0.15, 0.2) is 11.5 Å². The van der Waals surface area contributed by atoms with Gasteiger partial charge in [0.25, 0.3) is 0 Å². The predicted octanol–water partition coefficient (Wildman–Crippen LogP) is 4.52. The lowest BCUT2D eigenvalue weighted by atomic mass is 10.1. The van der Waals surface area contributed by atoms with E-state index in [0.29, 0.717) is 17.2 Å². The first-order valence-electron chi connectivity index (χ1n) is 7.01. The molecule has 2 aromatic carbocycles. The molecule has 4 heteroatoms. The Labute approximate surface area is 134 Å². The zero-order chi connectivity index (χ0) is 15.5. The van der Waals surface area contributed by atoms with E-state index in [1.807, 2.05) is 23.5 Å². The van der Waals surface area contributed by atoms with E-state index in [9.17, 15) is 0 Å². The summed E-state index contributed by atoms with van der Waals surface area (Å²) in [4.78, 5) is 1.32. The van der Waals surface area contributed by atoms with E-state index >= 15 is 0 Å². The van der Waals surface area contributed by atoms with Crippen LogP contribution in [0.3, 0.4) is 0 Å². The standard InChI is InChI=1S/C18H18O3S/c1-19-15-9-12(10-16(20-2)18(15)21-3)8-14-11-13-6-4-5-7-17(13)22-14/h4-7,9-11H,8H2,1-3H3. The fourth-order valence-electron chi connectivity index (χ4n) is 2.56. The molecule has 3 aromatic rings. The third-order valence-corrected chi connectivity index (χ3v) is 4.70. The summed E-state index contributed by atoms with van der Waals surface area (Å²) in [6.07, 6.45) is 0.843. The van der Waals surface area contributed by atoms with Crippen LogP contribution >= 0.6 is 11.3 Å². The van der Waals surface area contributed by atoms with Crippen LogP contribution in [0.2, 0.25) is 0 Å². The Morgan fingerprint density at radius 2 is 1.55 bits per heavy atom. The third kappa shape index (κ3) is 2.74. The lowest BCUT2D eigenvalue weighted by Gasteiger charge is -2.13. The van der Waals surface area contributed by atoms with Crippen LogP contribution in [0.15, 0.2) is 42.5 Å². The van der Waals surface area contributed by atoms with Crippen molar-refractivity contribution < 1.29 is 14.2 Å². The summed E-state index contributed by atoms with van der Waals surface area (Å²) in [5.41, 5.74) is 1.14. The molecule has 3 rings (SSSR count). The van der Waals surface area contributed by atoms with E-state index in [2.05, 4.69) is 30.3 Å². The smallest absolute Gasteiger partial charge is 0.203 e. The number of rotatable bonds is 5. The number of hydrogen-bond donors (Lipinski definition) is 0. The normalized spacial score (nSPS) is 10.7. The third-order valence-electron chi connectivity index (χ3n) is 3.58. The molecule has 0 saturated carbocycles. The second-order valence-corrected chi connectivity index (χ2v) is 6.13. The molecule has 0 aliphatic rings. The summed E-state index contributed by atoms with van der Waals surface area (Å²) in [5, 5.41) is 1.29. The van der Waals surface area contributed by atoms with Crippen molar-refractivity contribution in [1.82, 2.24) is 0 Å². The molecule has 0 radical (unpaired) electrons. The number of ether oxygens (including phenoxy) is 3. The van der Waals surface area contributed by atoms with Crippen molar-refractivity contribution in [2.24, 2.45) is 0 Å². The second-order valence-electron chi connectivity index (χ2n) is 4.96. The van der Waals surface area contributed by atoms with Gasteiger partial charge in [0.1, 0.15) is 0 Å². The van der Waals surface area contributed by atoms with E-state index < -0.39 is 0 Å². The van der Waals surface area contributed by atoms with Gasteiger partial charge in [-0.15, -0.1) is 11.3 Å². The Morgan fingerprint density at radius 3 is 2.14 bits per heavy atom. The fourth-order valence-corrected chi connectivity index (χ4v) is 3.66. The highest BCUT2D eigenvalue weighted by atomic mass is 32.1. The van der Waals surface area contributed by atoms with Crippen molar-refractivity contribution >= 4 is 21.4 Å². The van der Waals surface area contributed by atoms with Gasteiger partial charge in [-0.25, -0.2) is 0 Å². The summed E-state index contributed by atoms with van der Waals surface area (Å²) in [6.45, 7) is 0. The van der Waals surface area contributed by atoms with E-state index in [1.54, 1.807) is 21.3 Å². The molecule has 0 aliphatic heterocycles. The SMILES string of the molecule is COc1cc(Cc2cc3ccccc3s2)cc(OC)c1OC. The first kappa shape index (κ1) is 14.7. The van der Waals surface area contributed by atoms with Crippen molar-refractivity contribution in [3.63, 3.8) is 0 Å². The van der Waals surface area contributed by atoms with Crippen LogP contribution in [0.5, 0.6) is 17.2 Å². The van der Waals surface area contributed by atoms with Crippen molar-refractivity contribution in [3.05, 3.63) is 52.9 Å². The average Bonchev–Trinajstić information content (AvgIpc) is 2.95. The first-order chi connectivity index (χ1) is 10.7. The number of hydrogen-bond acceptors (Lipinski definition) is 4. The maximum Gasteiger partial charge on any atom is 0.203 e. The number of fused-ring (bicyclic) bond motifs is 1. The average molecular weight is 314 g/mol. The minimum atomic E-state index is 0.630. The molecular weight excluding hydrogens is 296 g/mol. The Kier molecular flexibility index (Phi) is 4.20. The summed E-state index contributed by atoms with van der Waals surface area (Å²) in [7, 11) is 4.90. The maximum atomic E-state index is 5.41. The van der Waals surface area contributed by atoms with Crippen LogP contribution in [-0.2, 0) is 6.42 Å². The number of benzene rings is 2. The molecule has 22 heavy (non-hydrogen) atoms. The molecular formula is C18H18O3S. The lowest BCUT2D eigenvalue weighted by Crippen LogP contribution is -1.97. The van der Waals surface area contributed by atoms with E-state index in [-0.39, 0.29) is 0 Å². The molecule has 114 valence electrons. The predicted molar refractivity (Wildman–Crippen MR) is 90.7 cm³/mol. The molecule has 0 amide bonds. The largest absolute Gasteiger partial charge is 0.493 e. The Bertz CT molecular complexity index is 734. The van der Waals surface area contributed by atoms with Gasteiger partial charge < -0.3 is 14.2 Å². The van der Waals surface area contributed by atoms with Gasteiger partial charge in [0.2, 0.25) is 5.75 Å². The highest BCUT2D eigenvalue weighted by Gasteiger charge is 2.14. The molecule has 0 aliphatic carbocycles. The van der Waals surface area contributed by atoms with Gasteiger partial charge in [-0.2, -0.15) is 0 Å². The maximum absolute atomic E-state index is 5.41. The van der Waals surface area contributed by atoms with Crippen LogP contribution in [0.25, 0.3) is 10.1 Å². The summed E-state index contributed by atoms with van der Waals surface area (Å²) >= 11 is 1.82. The van der Waals surface area contributed by atoms with Gasteiger partial charge in [-0.3, -0.25) is 0 Å². The lowest BCUT2D eigenvalue weighted by molar-refractivity contribution is 0.324. The molecule has 0 atom stereocenters. The molecule has 1 aromatic heterocycles. The van der Waals surface area contributed by atoms with Gasteiger partial charge >= 0.3 is 0 Å². The van der Waals surface area contributed by atoms with Crippen LogP contribution in [0, 0.1) is 0 Å². The van der Waals surface area contributed by atoms with E-state index in [1.165, 1.54) is 15.0 Å². The topological polar surface area (TPSA) is 27.7 Å².